The Bertz CT molecular complexity index is 233. The predicted octanol–water partition coefficient (Wildman–Crippen LogP) is 2.77. The molecule has 0 heterocycles. The molecule has 0 unspecified atom stereocenters. The number of rotatable bonds is 1. The lowest BCUT2D eigenvalue weighted by Gasteiger charge is -2.06. The van der Waals surface area contributed by atoms with Gasteiger partial charge in [-0.15, -0.1) is 12.4 Å². The maximum atomic E-state index is 3.14. The molecule has 0 bridgehead atoms. The smallest absolute Gasteiger partial charge is 0.0369 e. The molecule has 0 fully saturated rings. The van der Waals surface area contributed by atoms with Crippen LogP contribution in [-0.4, -0.2) is 7.05 Å². The van der Waals surface area contributed by atoms with E-state index in [-0.39, 0.29) is 12.4 Å². The first kappa shape index (κ1) is 10.3. The van der Waals surface area contributed by atoms with Crippen LogP contribution in [0.15, 0.2) is 18.2 Å². The molecule has 1 rings (SSSR count). The van der Waals surface area contributed by atoms with Crippen LogP contribution >= 0.6 is 12.4 Å². The molecule has 11 heavy (non-hydrogen) atoms. The van der Waals surface area contributed by atoms with E-state index in [1.165, 1.54) is 16.8 Å². The van der Waals surface area contributed by atoms with E-state index in [1.807, 2.05) is 7.05 Å². The van der Waals surface area contributed by atoms with Crippen LogP contribution in [0.5, 0.6) is 0 Å². The fraction of sp³-hybridized carbons (Fsp3) is 0.333. The van der Waals surface area contributed by atoms with Crippen molar-refractivity contribution in [3.8, 4) is 0 Å². The molecule has 1 aromatic carbocycles. The Morgan fingerprint density at radius 3 is 2.27 bits per heavy atom. The Morgan fingerprint density at radius 2 is 1.82 bits per heavy atom. The molecule has 0 saturated heterocycles. The van der Waals surface area contributed by atoms with Gasteiger partial charge in [0.15, 0.2) is 0 Å². The largest absolute Gasteiger partial charge is 0.388 e. The van der Waals surface area contributed by atoms with Crippen molar-refractivity contribution in [1.82, 2.24) is 0 Å². The van der Waals surface area contributed by atoms with E-state index in [9.17, 15) is 0 Å². The lowest BCUT2D eigenvalue weighted by atomic mass is 10.1. The van der Waals surface area contributed by atoms with Crippen molar-refractivity contribution < 1.29 is 0 Å². The van der Waals surface area contributed by atoms with Crippen molar-refractivity contribution in [3.05, 3.63) is 29.3 Å². The molecular formula is C9H14ClN. The van der Waals surface area contributed by atoms with Crippen LogP contribution in [0.25, 0.3) is 0 Å². The zero-order chi connectivity index (χ0) is 7.56. The van der Waals surface area contributed by atoms with Crippen molar-refractivity contribution in [2.45, 2.75) is 13.8 Å². The predicted molar refractivity (Wildman–Crippen MR) is 52.7 cm³/mol. The second-order valence-corrected chi connectivity index (χ2v) is 2.50. The monoisotopic (exact) mass is 171 g/mol. The number of hydrogen-bond acceptors (Lipinski definition) is 1. The van der Waals surface area contributed by atoms with Gasteiger partial charge >= 0.3 is 0 Å². The Morgan fingerprint density at radius 1 is 1.18 bits per heavy atom. The van der Waals surface area contributed by atoms with Gasteiger partial charge in [0, 0.05) is 12.7 Å². The Labute approximate surface area is 74.2 Å². The molecule has 0 aliphatic heterocycles. The number of benzene rings is 1. The number of hydrogen-bond donors (Lipinski definition) is 1. The van der Waals surface area contributed by atoms with E-state index in [0.717, 1.165) is 0 Å². The summed E-state index contributed by atoms with van der Waals surface area (Å²) in [5, 5.41) is 3.14. The summed E-state index contributed by atoms with van der Waals surface area (Å²) in [4.78, 5) is 0. The average molecular weight is 172 g/mol. The molecule has 1 aromatic rings. The highest BCUT2D eigenvalue weighted by molar-refractivity contribution is 5.85. The lowest BCUT2D eigenvalue weighted by Crippen LogP contribution is -1.92. The van der Waals surface area contributed by atoms with Gasteiger partial charge in [0.1, 0.15) is 0 Å². The third-order valence-corrected chi connectivity index (χ3v) is 1.87. The number of halogens is 1. The summed E-state index contributed by atoms with van der Waals surface area (Å²) in [7, 11) is 1.95. The van der Waals surface area contributed by atoms with Crippen molar-refractivity contribution >= 4 is 18.1 Å². The average Bonchev–Trinajstić information content (AvgIpc) is 1.95. The van der Waals surface area contributed by atoms with E-state index in [1.54, 1.807) is 0 Å². The standard InChI is InChI=1S/C9H13N.ClH/c1-7-5-4-6-9(10-3)8(7)2;/h4-6,10H,1-3H3;1H. The van der Waals surface area contributed by atoms with Gasteiger partial charge in [-0.2, -0.15) is 0 Å². The summed E-state index contributed by atoms with van der Waals surface area (Å²) >= 11 is 0. The normalized spacial score (nSPS) is 8.64. The molecule has 1 nitrogen and oxygen atoms in total. The zero-order valence-electron chi connectivity index (χ0n) is 7.14. The second-order valence-electron chi connectivity index (χ2n) is 2.50. The topological polar surface area (TPSA) is 12.0 Å². The van der Waals surface area contributed by atoms with Crippen molar-refractivity contribution in [2.75, 3.05) is 12.4 Å². The third-order valence-electron chi connectivity index (χ3n) is 1.87. The zero-order valence-corrected chi connectivity index (χ0v) is 7.96. The van der Waals surface area contributed by atoms with Gasteiger partial charge < -0.3 is 5.32 Å². The minimum Gasteiger partial charge on any atom is -0.388 e. The molecule has 0 atom stereocenters. The Kier molecular flexibility index (Phi) is 3.98. The molecule has 0 spiro atoms. The molecule has 0 aromatic heterocycles. The fourth-order valence-electron chi connectivity index (χ4n) is 1.02. The van der Waals surface area contributed by atoms with Gasteiger partial charge in [-0.25, -0.2) is 0 Å². The fourth-order valence-corrected chi connectivity index (χ4v) is 1.02. The van der Waals surface area contributed by atoms with Gasteiger partial charge in [-0.3, -0.25) is 0 Å². The highest BCUT2D eigenvalue weighted by Crippen LogP contribution is 2.16. The van der Waals surface area contributed by atoms with Gasteiger partial charge in [0.2, 0.25) is 0 Å². The summed E-state index contributed by atoms with van der Waals surface area (Å²) in [5.74, 6) is 0. The van der Waals surface area contributed by atoms with Crippen LogP contribution in [0.1, 0.15) is 11.1 Å². The van der Waals surface area contributed by atoms with Crippen LogP contribution in [-0.2, 0) is 0 Å². The lowest BCUT2D eigenvalue weighted by molar-refractivity contribution is 1.32. The summed E-state index contributed by atoms with van der Waals surface area (Å²) < 4.78 is 0. The van der Waals surface area contributed by atoms with Gasteiger partial charge in [0.05, 0.1) is 0 Å². The highest BCUT2D eigenvalue weighted by atomic mass is 35.5. The quantitative estimate of drug-likeness (QED) is 0.685. The van der Waals surface area contributed by atoms with Crippen LogP contribution in [0.4, 0.5) is 5.69 Å². The van der Waals surface area contributed by atoms with E-state index in [0.29, 0.717) is 0 Å². The molecule has 1 N–H and O–H groups in total. The Balaban J connectivity index is 0.000001000. The van der Waals surface area contributed by atoms with Gasteiger partial charge in [0.25, 0.3) is 0 Å². The molecular weight excluding hydrogens is 158 g/mol. The van der Waals surface area contributed by atoms with Crippen molar-refractivity contribution in [1.29, 1.82) is 0 Å². The van der Waals surface area contributed by atoms with E-state index in [4.69, 9.17) is 0 Å². The molecule has 0 aliphatic rings. The van der Waals surface area contributed by atoms with E-state index in [2.05, 4.69) is 37.4 Å². The van der Waals surface area contributed by atoms with Crippen molar-refractivity contribution in [3.63, 3.8) is 0 Å². The summed E-state index contributed by atoms with van der Waals surface area (Å²) in [6.07, 6.45) is 0. The minimum atomic E-state index is 0. The third kappa shape index (κ3) is 2.12. The van der Waals surface area contributed by atoms with Crippen LogP contribution in [0.3, 0.4) is 0 Å². The number of aryl methyl sites for hydroxylation is 1. The van der Waals surface area contributed by atoms with E-state index < -0.39 is 0 Å². The summed E-state index contributed by atoms with van der Waals surface area (Å²) in [6, 6.07) is 6.27. The van der Waals surface area contributed by atoms with Crippen LogP contribution in [0, 0.1) is 13.8 Å². The van der Waals surface area contributed by atoms with Crippen LogP contribution in [0.2, 0.25) is 0 Å². The Hall–Kier alpha value is -0.690. The SMILES string of the molecule is CNc1cccc(C)c1C.Cl. The summed E-state index contributed by atoms with van der Waals surface area (Å²) in [5.41, 5.74) is 3.90. The maximum absolute atomic E-state index is 3.14. The number of anilines is 1. The first-order valence-electron chi connectivity index (χ1n) is 3.49. The highest BCUT2D eigenvalue weighted by Gasteiger charge is 1.95. The minimum absolute atomic E-state index is 0. The molecule has 62 valence electrons. The first-order valence-corrected chi connectivity index (χ1v) is 3.49. The molecule has 0 amide bonds. The summed E-state index contributed by atoms with van der Waals surface area (Å²) in [6.45, 7) is 4.25. The maximum Gasteiger partial charge on any atom is 0.0369 e. The molecule has 0 radical (unpaired) electrons. The van der Waals surface area contributed by atoms with Crippen molar-refractivity contribution in [2.24, 2.45) is 0 Å². The molecule has 0 saturated carbocycles. The number of nitrogens with one attached hydrogen (secondary N) is 1. The molecule has 2 heteroatoms. The molecule has 0 aliphatic carbocycles. The van der Waals surface area contributed by atoms with Gasteiger partial charge in [-0.05, 0) is 31.0 Å². The first-order chi connectivity index (χ1) is 4.75. The van der Waals surface area contributed by atoms with Gasteiger partial charge in [-0.1, -0.05) is 12.1 Å². The van der Waals surface area contributed by atoms with E-state index >= 15 is 0 Å². The van der Waals surface area contributed by atoms with Crippen LogP contribution < -0.4 is 5.32 Å². The second kappa shape index (κ2) is 4.24.